The Kier molecular flexibility index (Phi) is 4.85. The molecule has 0 radical (unpaired) electrons. The molecule has 2 amide bonds. The third-order valence-electron chi connectivity index (χ3n) is 3.99. The first-order chi connectivity index (χ1) is 9.88. The van der Waals surface area contributed by atoms with E-state index in [0.717, 1.165) is 12.8 Å². The molecule has 0 spiro atoms. The first-order valence-corrected chi connectivity index (χ1v) is 7.68. The predicted octanol–water partition coefficient (Wildman–Crippen LogP) is 0.957. The van der Waals surface area contributed by atoms with Gasteiger partial charge >= 0.3 is 5.97 Å². The van der Waals surface area contributed by atoms with Gasteiger partial charge in [-0.25, -0.2) is 0 Å². The second-order valence-electron chi connectivity index (χ2n) is 6.50. The molecule has 1 aliphatic heterocycles. The monoisotopic (exact) mass is 296 g/mol. The molecule has 0 bridgehead atoms. The Bertz CT molecular complexity index is 431. The molecular weight excluding hydrogens is 272 g/mol. The SMILES string of the molecule is CC(C)CN1CC(C(=O)N(CCC(=O)O)C2CC2)CC1=O. The Hall–Kier alpha value is -1.59. The van der Waals surface area contributed by atoms with E-state index in [0.29, 0.717) is 19.0 Å². The van der Waals surface area contributed by atoms with Gasteiger partial charge < -0.3 is 14.9 Å². The van der Waals surface area contributed by atoms with Crippen LogP contribution in [0.2, 0.25) is 0 Å². The molecule has 1 aliphatic carbocycles. The van der Waals surface area contributed by atoms with Gasteiger partial charge in [0.2, 0.25) is 11.8 Å². The molecule has 1 heterocycles. The third kappa shape index (κ3) is 4.19. The van der Waals surface area contributed by atoms with Gasteiger partial charge in [0.25, 0.3) is 0 Å². The highest BCUT2D eigenvalue weighted by Gasteiger charge is 2.40. The minimum Gasteiger partial charge on any atom is -0.481 e. The van der Waals surface area contributed by atoms with E-state index < -0.39 is 5.97 Å². The van der Waals surface area contributed by atoms with E-state index >= 15 is 0 Å². The smallest absolute Gasteiger partial charge is 0.305 e. The third-order valence-corrected chi connectivity index (χ3v) is 3.99. The number of likely N-dealkylation sites (tertiary alicyclic amines) is 1. The first-order valence-electron chi connectivity index (χ1n) is 7.68. The number of hydrogen-bond acceptors (Lipinski definition) is 3. The lowest BCUT2D eigenvalue weighted by Gasteiger charge is -2.25. The van der Waals surface area contributed by atoms with Crippen molar-refractivity contribution >= 4 is 17.8 Å². The van der Waals surface area contributed by atoms with Crippen LogP contribution in [-0.2, 0) is 14.4 Å². The average molecular weight is 296 g/mol. The van der Waals surface area contributed by atoms with Gasteiger partial charge in [0.1, 0.15) is 0 Å². The summed E-state index contributed by atoms with van der Waals surface area (Å²) in [5.74, 6) is -0.813. The van der Waals surface area contributed by atoms with Crippen LogP contribution in [0.1, 0.15) is 39.5 Å². The van der Waals surface area contributed by atoms with Crippen LogP contribution in [0.5, 0.6) is 0 Å². The van der Waals surface area contributed by atoms with E-state index in [-0.39, 0.29) is 43.2 Å². The van der Waals surface area contributed by atoms with E-state index in [4.69, 9.17) is 5.11 Å². The quantitative estimate of drug-likeness (QED) is 0.759. The highest BCUT2D eigenvalue weighted by Crippen LogP contribution is 2.30. The summed E-state index contributed by atoms with van der Waals surface area (Å²) in [5.41, 5.74) is 0. The van der Waals surface area contributed by atoms with Crippen molar-refractivity contribution in [1.82, 2.24) is 9.80 Å². The summed E-state index contributed by atoms with van der Waals surface area (Å²) in [6, 6.07) is 0.186. The standard InChI is InChI=1S/C15H24N2O4/c1-10(2)8-16-9-11(7-13(16)18)15(21)17(12-3-4-12)6-5-14(19)20/h10-12H,3-9H2,1-2H3,(H,19,20). The van der Waals surface area contributed by atoms with Crippen LogP contribution in [0.25, 0.3) is 0 Å². The maximum absolute atomic E-state index is 12.6. The first kappa shape index (κ1) is 15.8. The number of amides is 2. The van der Waals surface area contributed by atoms with E-state index in [1.165, 1.54) is 0 Å². The fraction of sp³-hybridized carbons (Fsp3) is 0.800. The van der Waals surface area contributed by atoms with Crippen LogP contribution >= 0.6 is 0 Å². The van der Waals surface area contributed by atoms with E-state index in [9.17, 15) is 14.4 Å². The zero-order valence-corrected chi connectivity index (χ0v) is 12.7. The van der Waals surface area contributed by atoms with Gasteiger partial charge in [-0.05, 0) is 18.8 Å². The normalized spacial score (nSPS) is 22.0. The molecule has 0 aromatic heterocycles. The Morgan fingerprint density at radius 1 is 1.38 bits per heavy atom. The number of rotatable bonds is 7. The molecule has 6 nitrogen and oxygen atoms in total. The average Bonchev–Trinajstić information content (AvgIpc) is 3.14. The van der Waals surface area contributed by atoms with Gasteiger partial charge in [-0.15, -0.1) is 0 Å². The summed E-state index contributed by atoms with van der Waals surface area (Å²) in [5, 5.41) is 8.79. The van der Waals surface area contributed by atoms with Crippen molar-refractivity contribution in [3.8, 4) is 0 Å². The van der Waals surface area contributed by atoms with Gasteiger partial charge in [0, 0.05) is 32.1 Å². The molecule has 0 aromatic rings. The molecule has 2 aliphatic rings. The Morgan fingerprint density at radius 2 is 2.05 bits per heavy atom. The van der Waals surface area contributed by atoms with E-state index in [2.05, 4.69) is 0 Å². The molecule has 1 saturated heterocycles. The molecule has 1 atom stereocenters. The largest absolute Gasteiger partial charge is 0.481 e. The van der Waals surface area contributed by atoms with Gasteiger partial charge in [-0.3, -0.25) is 14.4 Å². The van der Waals surface area contributed by atoms with Crippen molar-refractivity contribution in [2.24, 2.45) is 11.8 Å². The Morgan fingerprint density at radius 3 is 2.57 bits per heavy atom. The Labute approximate surface area is 125 Å². The zero-order valence-electron chi connectivity index (χ0n) is 12.7. The molecule has 118 valence electrons. The fourth-order valence-corrected chi connectivity index (χ4v) is 2.86. The second-order valence-corrected chi connectivity index (χ2v) is 6.50. The fourth-order valence-electron chi connectivity index (χ4n) is 2.86. The molecule has 1 N–H and O–H groups in total. The zero-order chi connectivity index (χ0) is 15.6. The lowest BCUT2D eigenvalue weighted by atomic mass is 10.1. The summed E-state index contributed by atoms with van der Waals surface area (Å²) in [6.07, 6.45) is 2.13. The number of aliphatic carboxylic acids is 1. The minimum absolute atomic E-state index is 0.0292. The predicted molar refractivity (Wildman–Crippen MR) is 76.5 cm³/mol. The summed E-state index contributed by atoms with van der Waals surface area (Å²) >= 11 is 0. The molecule has 21 heavy (non-hydrogen) atoms. The molecule has 1 saturated carbocycles. The van der Waals surface area contributed by atoms with Crippen LogP contribution < -0.4 is 0 Å². The van der Waals surface area contributed by atoms with Crippen molar-refractivity contribution in [3.63, 3.8) is 0 Å². The molecule has 2 fully saturated rings. The van der Waals surface area contributed by atoms with Crippen LogP contribution in [0.3, 0.4) is 0 Å². The second kappa shape index (κ2) is 6.45. The van der Waals surface area contributed by atoms with Crippen molar-refractivity contribution in [1.29, 1.82) is 0 Å². The van der Waals surface area contributed by atoms with Crippen molar-refractivity contribution < 1.29 is 19.5 Å². The van der Waals surface area contributed by atoms with Crippen molar-refractivity contribution in [2.75, 3.05) is 19.6 Å². The number of hydrogen-bond donors (Lipinski definition) is 1. The number of carboxylic acids is 1. The number of carboxylic acid groups (broad SMARTS) is 1. The van der Waals surface area contributed by atoms with Gasteiger partial charge in [-0.1, -0.05) is 13.8 Å². The van der Waals surface area contributed by atoms with Crippen LogP contribution in [0.4, 0.5) is 0 Å². The molecular formula is C15H24N2O4. The molecule has 1 unspecified atom stereocenters. The van der Waals surface area contributed by atoms with Crippen LogP contribution in [0, 0.1) is 11.8 Å². The highest BCUT2D eigenvalue weighted by molar-refractivity contribution is 5.89. The summed E-state index contributed by atoms with van der Waals surface area (Å²) in [4.78, 5) is 38.7. The van der Waals surface area contributed by atoms with Crippen LogP contribution in [0.15, 0.2) is 0 Å². The maximum Gasteiger partial charge on any atom is 0.305 e. The topological polar surface area (TPSA) is 77.9 Å². The summed E-state index contributed by atoms with van der Waals surface area (Å²) in [6.45, 7) is 5.51. The van der Waals surface area contributed by atoms with Crippen molar-refractivity contribution in [2.45, 2.75) is 45.6 Å². The lowest BCUT2D eigenvalue weighted by Crippen LogP contribution is -2.40. The van der Waals surface area contributed by atoms with Crippen LogP contribution in [-0.4, -0.2) is 58.4 Å². The summed E-state index contributed by atoms with van der Waals surface area (Å²) in [7, 11) is 0. The molecule has 6 heteroatoms. The maximum atomic E-state index is 12.6. The van der Waals surface area contributed by atoms with E-state index in [1.807, 2.05) is 13.8 Å². The summed E-state index contributed by atoms with van der Waals surface area (Å²) < 4.78 is 0. The number of carbonyl (C=O) groups excluding carboxylic acids is 2. The number of carbonyl (C=O) groups is 3. The van der Waals surface area contributed by atoms with Crippen molar-refractivity contribution in [3.05, 3.63) is 0 Å². The van der Waals surface area contributed by atoms with Gasteiger partial charge in [-0.2, -0.15) is 0 Å². The minimum atomic E-state index is -0.891. The number of nitrogens with zero attached hydrogens (tertiary/aromatic N) is 2. The highest BCUT2D eigenvalue weighted by atomic mass is 16.4. The lowest BCUT2D eigenvalue weighted by molar-refractivity contribution is -0.140. The molecule has 2 rings (SSSR count). The molecule has 0 aromatic carbocycles. The Balaban J connectivity index is 1.94. The van der Waals surface area contributed by atoms with Gasteiger partial charge in [0.05, 0.1) is 12.3 Å². The van der Waals surface area contributed by atoms with Gasteiger partial charge in [0.15, 0.2) is 0 Å². The van der Waals surface area contributed by atoms with E-state index in [1.54, 1.807) is 9.80 Å².